The van der Waals surface area contributed by atoms with Gasteiger partial charge in [0, 0.05) is 29.6 Å². The summed E-state index contributed by atoms with van der Waals surface area (Å²) < 4.78 is 14.1. The second-order valence-electron chi connectivity index (χ2n) is 7.97. The first-order valence-electron chi connectivity index (χ1n) is 9.79. The fourth-order valence-corrected chi connectivity index (χ4v) is 4.73. The Labute approximate surface area is 154 Å². The molecule has 2 amide bonds. The zero-order chi connectivity index (χ0) is 18.8. The van der Waals surface area contributed by atoms with Crippen LogP contribution >= 0.6 is 0 Å². The van der Waals surface area contributed by atoms with Crippen molar-refractivity contribution in [3.63, 3.8) is 0 Å². The van der Waals surface area contributed by atoms with Gasteiger partial charge in [0.25, 0.3) is 0 Å². The second-order valence-corrected chi connectivity index (χ2v) is 7.97. The van der Waals surface area contributed by atoms with Crippen LogP contribution in [-0.2, 0) is 9.59 Å². The zero-order valence-electron chi connectivity index (χ0n) is 15.9. The molecule has 3 aliphatic heterocycles. The van der Waals surface area contributed by atoms with Crippen LogP contribution in [0.3, 0.4) is 0 Å². The van der Waals surface area contributed by atoms with Crippen molar-refractivity contribution in [2.45, 2.75) is 76.8 Å². The van der Waals surface area contributed by atoms with E-state index in [2.05, 4.69) is 28.2 Å². The van der Waals surface area contributed by atoms with Gasteiger partial charge in [0.1, 0.15) is 6.17 Å². The van der Waals surface area contributed by atoms with E-state index in [9.17, 15) is 14.0 Å². The molecule has 146 valence electrons. The van der Waals surface area contributed by atoms with Crippen molar-refractivity contribution in [2.24, 2.45) is 5.92 Å². The number of fused-ring (bicyclic) bond motifs is 1. The van der Waals surface area contributed by atoms with E-state index in [0.29, 0.717) is 12.0 Å². The van der Waals surface area contributed by atoms with Gasteiger partial charge in [0.15, 0.2) is 0 Å². The predicted molar refractivity (Wildman–Crippen MR) is 98.3 cm³/mol. The van der Waals surface area contributed by atoms with Gasteiger partial charge in [-0.2, -0.15) is 0 Å². The second kappa shape index (κ2) is 8.05. The van der Waals surface area contributed by atoms with Crippen LogP contribution in [0.1, 0.15) is 46.5 Å². The molecule has 0 aromatic heterocycles. The lowest BCUT2D eigenvalue weighted by molar-refractivity contribution is -0.124. The molecular formula is C19H31FN4O2. The molecule has 5 unspecified atom stereocenters. The van der Waals surface area contributed by atoms with Crippen LogP contribution in [0.25, 0.3) is 0 Å². The highest BCUT2D eigenvalue weighted by Gasteiger charge is 2.39. The normalized spacial score (nSPS) is 36.2. The first-order valence-corrected chi connectivity index (χ1v) is 9.79. The highest BCUT2D eigenvalue weighted by atomic mass is 19.1. The Morgan fingerprint density at radius 1 is 1.31 bits per heavy atom. The summed E-state index contributed by atoms with van der Waals surface area (Å²) in [4.78, 5) is 25.0. The number of rotatable bonds is 4. The molecule has 0 bridgehead atoms. The Morgan fingerprint density at radius 3 is 2.81 bits per heavy atom. The van der Waals surface area contributed by atoms with Crippen molar-refractivity contribution < 1.29 is 14.0 Å². The minimum atomic E-state index is -0.951. The summed E-state index contributed by atoms with van der Waals surface area (Å²) in [7, 11) is 0. The Kier molecular flexibility index (Phi) is 5.97. The minimum absolute atomic E-state index is 0.0433. The summed E-state index contributed by atoms with van der Waals surface area (Å²) in [6, 6.07) is -0.267. The molecule has 0 aromatic carbocycles. The number of piperidine rings is 2. The monoisotopic (exact) mass is 366 g/mol. The molecule has 0 spiro atoms. The molecule has 0 saturated carbocycles. The van der Waals surface area contributed by atoms with E-state index >= 15 is 0 Å². The lowest BCUT2D eigenvalue weighted by Gasteiger charge is -2.42. The minimum Gasteiger partial charge on any atom is -0.352 e. The largest absolute Gasteiger partial charge is 0.352 e. The van der Waals surface area contributed by atoms with E-state index < -0.39 is 6.17 Å². The maximum Gasteiger partial charge on any atom is 0.247 e. The van der Waals surface area contributed by atoms with Gasteiger partial charge in [-0.3, -0.25) is 9.59 Å². The van der Waals surface area contributed by atoms with Gasteiger partial charge in [-0.1, -0.05) is 5.57 Å². The summed E-state index contributed by atoms with van der Waals surface area (Å²) in [5.41, 5.74) is 1.56. The van der Waals surface area contributed by atoms with E-state index in [1.165, 1.54) is 0 Å². The maximum atomic E-state index is 14.1. The fourth-order valence-electron chi connectivity index (χ4n) is 4.73. The SMILES string of the molecule is CC1=C(CC(=O)N[C@@H](C)C2NCCCC2F)C(=O)NC2CCNC(C)C12. The highest BCUT2D eigenvalue weighted by molar-refractivity contribution is 6.00. The number of carbonyl (C=O) groups excluding carboxylic acids is 2. The summed E-state index contributed by atoms with van der Waals surface area (Å²) in [5.74, 6) is -0.145. The molecule has 3 heterocycles. The van der Waals surface area contributed by atoms with Crippen molar-refractivity contribution in [1.82, 2.24) is 21.3 Å². The molecule has 0 aliphatic carbocycles. The quantitative estimate of drug-likeness (QED) is 0.593. The third-order valence-electron chi connectivity index (χ3n) is 6.15. The van der Waals surface area contributed by atoms with Crippen LogP contribution in [0.5, 0.6) is 0 Å². The van der Waals surface area contributed by atoms with E-state index in [0.717, 1.165) is 31.5 Å². The number of hydrogen-bond acceptors (Lipinski definition) is 4. The van der Waals surface area contributed by atoms with Gasteiger partial charge in [0.2, 0.25) is 11.8 Å². The van der Waals surface area contributed by atoms with Gasteiger partial charge >= 0.3 is 0 Å². The number of alkyl halides is 1. The average molecular weight is 366 g/mol. The lowest BCUT2D eigenvalue weighted by atomic mass is 9.76. The maximum absolute atomic E-state index is 14.1. The zero-order valence-corrected chi connectivity index (χ0v) is 15.9. The van der Waals surface area contributed by atoms with Crippen molar-refractivity contribution >= 4 is 11.8 Å². The van der Waals surface area contributed by atoms with Crippen LogP contribution in [0.4, 0.5) is 4.39 Å². The fraction of sp³-hybridized carbons (Fsp3) is 0.789. The van der Waals surface area contributed by atoms with Crippen molar-refractivity contribution in [1.29, 1.82) is 0 Å². The number of halogens is 1. The molecule has 0 radical (unpaired) electrons. The molecule has 6 atom stereocenters. The molecule has 0 aromatic rings. The Balaban J connectivity index is 1.65. The third kappa shape index (κ3) is 3.93. The summed E-state index contributed by atoms with van der Waals surface area (Å²) in [6.07, 6.45) is 1.34. The van der Waals surface area contributed by atoms with Crippen LogP contribution in [0, 0.1) is 5.92 Å². The number of nitrogens with one attached hydrogen (secondary N) is 4. The van der Waals surface area contributed by atoms with Crippen molar-refractivity contribution in [3.8, 4) is 0 Å². The first-order chi connectivity index (χ1) is 12.4. The van der Waals surface area contributed by atoms with Gasteiger partial charge < -0.3 is 21.3 Å². The number of hydrogen-bond donors (Lipinski definition) is 4. The standard InChI is InChI=1S/C19H31FN4O2/c1-10-13(19(26)24-15-6-8-21-11(2)17(10)15)9-16(25)23-12(3)18-14(20)5-4-7-22-18/h11-12,14-15,17-18,21-22H,4-9H2,1-3H3,(H,23,25)(H,24,26)/t11?,12-,14?,15?,17?,18?/m0/s1. The highest BCUT2D eigenvalue weighted by Crippen LogP contribution is 2.32. The van der Waals surface area contributed by atoms with E-state index in [1.54, 1.807) is 0 Å². The van der Waals surface area contributed by atoms with Crippen LogP contribution < -0.4 is 21.3 Å². The van der Waals surface area contributed by atoms with Crippen molar-refractivity contribution in [3.05, 3.63) is 11.1 Å². The lowest BCUT2D eigenvalue weighted by Crippen LogP contribution is -2.58. The van der Waals surface area contributed by atoms with Gasteiger partial charge in [-0.25, -0.2) is 4.39 Å². The predicted octanol–water partition coefficient (Wildman–Crippen LogP) is 0.784. The molecule has 3 aliphatic rings. The molecule has 2 saturated heterocycles. The summed E-state index contributed by atoms with van der Waals surface area (Å²) >= 11 is 0. The Morgan fingerprint density at radius 2 is 2.08 bits per heavy atom. The molecule has 6 nitrogen and oxygen atoms in total. The first kappa shape index (κ1) is 19.3. The smallest absolute Gasteiger partial charge is 0.247 e. The molecule has 4 N–H and O–H groups in total. The molecule has 7 heteroatoms. The number of amides is 2. The summed E-state index contributed by atoms with van der Waals surface area (Å²) in [6.45, 7) is 7.56. The van der Waals surface area contributed by atoms with Gasteiger partial charge in [0.05, 0.1) is 12.5 Å². The van der Waals surface area contributed by atoms with Crippen LogP contribution in [-0.4, -0.2) is 55.2 Å². The third-order valence-corrected chi connectivity index (χ3v) is 6.15. The van der Waals surface area contributed by atoms with E-state index in [1.807, 2.05) is 13.8 Å². The molecular weight excluding hydrogens is 335 g/mol. The summed E-state index contributed by atoms with van der Waals surface area (Å²) in [5, 5.41) is 12.5. The topological polar surface area (TPSA) is 82.3 Å². The van der Waals surface area contributed by atoms with Crippen LogP contribution in [0.2, 0.25) is 0 Å². The Bertz CT molecular complexity index is 594. The molecule has 26 heavy (non-hydrogen) atoms. The molecule has 2 fully saturated rings. The van der Waals surface area contributed by atoms with Crippen LogP contribution in [0.15, 0.2) is 11.1 Å². The Hall–Kier alpha value is -1.47. The van der Waals surface area contributed by atoms with E-state index in [4.69, 9.17) is 0 Å². The van der Waals surface area contributed by atoms with Crippen molar-refractivity contribution in [2.75, 3.05) is 13.1 Å². The van der Waals surface area contributed by atoms with Gasteiger partial charge in [-0.15, -0.1) is 0 Å². The average Bonchev–Trinajstić information content (AvgIpc) is 2.58. The van der Waals surface area contributed by atoms with E-state index in [-0.39, 0.29) is 48.3 Å². The molecule has 3 rings (SSSR count). The van der Waals surface area contributed by atoms with Gasteiger partial charge in [-0.05, 0) is 53.1 Å². The number of carbonyl (C=O) groups is 2.